The van der Waals surface area contributed by atoms with Crippen molar-refractivity contribution in [2.75, 3.05) is 0 Å². The Hall–Kier alpha value is -3.40. The molecule has 0 bridgehead atoms. The molecule has 2 N–H and O–H groups in total. The molecule has 0 fully saturated rings. The van der Waals surface area contributed by atoms with E-state index in [-0.39, 0.29) is 5.91 Å². The van der Waals surface area contributed by atoms with Gasteiger partial charge >= 0.3 is 0 Å². The van der Waals surface area contributed by atoms with E-state index in [2.05, 4.69) is 10.9 Å². The second kappa shape index (κ2) is 7.45. The number of carbonyl (C=O) groups excluding carboxylic acids is 2. The van der Waals surface area contributed by atoms with Crippen LogP contribution in [0.4, 0.5) is 0 Å². The molecule has 0 aromatic heterocycles. The summed E-state index contributed by atoms with van der Waals surface area (Å²) in [6.07, 6.45) is 3.13. The minimum Gasteiger partial charge on any atom is -0.268 e. The lowest BCUT2D eigenvalue weighted by Crippen LogP contribution is -2.40. The molecule has 4 nitrogen and oxygen atoms in total. The van der Waals surface area contributed by atoms with Gasteiger partial charge in [0.05, 0.1) is 0 Å². The van der Waals surface area contributed by atoms with Gasteiger partial charge in [0, 0.05) is 11.6 Å². The normalized spacial score (nSPS) is 10.8. The lowest BCUT2D eigenvalue weighted by Gasteiger charge is -2.06. The quantitative estimate of drug-likeness (QED) is 0.569. The molecule has 3 rings (SSSR count). The molecular weight excluding hydrogens is 312 g/mol. The zero-order chi connectivity index (χ0) is 17.6. The molecule has 124 valence electrons. The molecule has 0 spiro atoms. The number of fused-ring (bicyclic) bond motifs is 1. The molecule has 0 aliphatic rings. The number of hydrogen-bond donors (Lipinski definition) is 2. The number of aryl methyl sites for hydroxylation is 1. The van der Waals surface area contributed by atoms with Crippen molar-refractivity contribution in [1.82, 2.24) is 10.9 Å². The van der Waals surface area contributed by atoms with Crippen molar-refractivity contribution in [3.05, 3.63) is 89.5 Å². The van der Waals surface area contributed by atoms with Crippen LogP contribution in [-0.4, -0.2) is 11.8 Å². The van der Waals surface area contributed by atoms with Crippen molar-refractivity contribution >= 4 is 28.7 Å². The van der Waals surface area contributed by atoms with E-state index in [1.807, 2.05) is 61.5 Å². The molecule has 0 aliphatic heterocycles. The fourth-order valence-electron chi connectivity index (χ4n) is 2.50. The Morgan fingerprint density at radius 3 is 2.36 bits per heavy atom. The standard InChI is InChI=1S/C21H18N2O2/c1-15-9-11-18(12-10-15)21(25)23-22-20(24)14-13-17-7-4-6-16-5-2-3-8-19(16)17/h2-14H,1H3,(H,22,24)(H,23,25)/b14-13+. The van der Waals surface area contributed by atoms with Crippen LogP contribution in [0.1, 0.15) is 21.5 Å². The van der Waals surface area contributed by atoms with Crippen molar-refractivity contribution in [3.8, 4) is 0 Å². The number of carbonyl (C=O) groups is 2. The van der Waals surface area contributed by atoms with Crippen LogP contribution in [0.2, 0.25) is 0 Å². The van der Waals surface area contributed by atoms with Crippen molar-refractivity contribution in [1.29, 1.82) is 0 Å². The topological polar surface area (TPSA) is 58.2 Å². The smallest absolute Gasteiger partial charge is 0.268 e. The first-order valence-electron chi connectivity index (χ1n) is 7.96. The fraction of sp³-hybridized carbons (Fsp3) is 0.0476. The lowest BCUT2D eigenvalue weighted by atomic mass is 10.0. The predicted molar refractivity (Wildman–Crippen MR) is 99.8 cm³/mol. The van der Waals surface area contributed by atoms with Crippen molar-refractivity contribution in [2.45, 2.75) is 6.92 Å². The van der Waals surface area contributed by atoms with Gasteiger partial charge in [-0.2, -0.15) is 0 Å². The van der Waals surface area contributed by atoms with Gasteiger partial charge in [-0.05, 0) is 41.5 Å². The Kier molecular flexibility index (Phi) is 4.90. The lowest BCUT2D eigenvalue weighted by molar-refractivity contribution is -0.117. The van der Waals surface area contributed by atoms with Gasteiger partial charge in [-0.15, -0.1) is 0 Å². The number of rotatable bonds is 3. The zero-order valence-electron chi connectivity index (χ0n) is 13.8. The SMILES string of the molecule is Cc1ccc(C(=O)NNC(=O)/C=C/c2cccc3ccccc23)cc1. The maximum atomic E-state index is 12.0. The molecule has 0 saturated carbocycles. The van der Waals surface area contributed by atoms with Gasteiger partial charge in [0.1, 0.15) is 0 Å². The monoisotopic (exact) mass is 330 g/mol. The Labute approximate surface area is 146 Å². The summed E-state index contributed by atoms with van der Waals surface area (Å²) in [5, 5.41) is 2.18. The highest BCUT2D eigenvalue weighted by Crippen LogP contribution is 2.19. The summed E-state index contributed by atoms with van der Waals surface area (Å²) in [7, 11) is 0. The van der Waals surface area contributed by atoms with Gasteiger partial charge < -0.3 is 0 Å². The van der Waals surface area contributed by atoms with E-state index >= 15 is 0 Å². The van der Waals surface area contributed by atoms with Crippen molar-refractivity contribution in [2.24, 2.45) is 0 Å². The first kappa shape index (κ1) is 16.5. The highest BCUT2D eigenvalue weighted by atomic mass is 16.2. The second-order valence-electron chi connectivity index (χ2n) is 5.71. The molecule has 25 heavy (non-hydrogen) atoms. The Morgan fingerprint density at radius 1 is 0.840 bits per heavy atom. The molecule has 0 saturated heterocycles. The van der Waals surface area contributed by atoms with Crippen LogP contribution >= 0.6 is 0 Å². The number of benzene rings is 3. The van der Waals surface area contributed by atoms with Gasteiger partial charge in [-0.25, -0.2) is 0 Å². The number of amides is 2. The summed E-state index contributed by atoms with van der Waals surface area (Å²) in [6.45, 7) is 1.95. The predicted octanol–water partition coefficient (Wildman–Crippen LogP) is 3.62. The third kappa shape index (κ3) is 4.12. The highest BCUT2D eigenvalue weighted by Gasteiger charge is 2.05. The van der Waals surface area contributed by atoms with Crippen LogP contribution < -0.4 is 10.9 Å². The zero-order valence-corrected chi connectivity index (χ0v) is 13.8. The summed E-state index contributed by atoms with van der Waals surface area (Å²) in [5.41, 5.74) is 7.29. The van der Waals surface area contributed by atoms with E-state index < -0.39 is 5.91 Å². The Bertz CT molecular complexity index is 938. The van der Waals surface area contributed by atoms with E-state index in [0.29, 0.717) is 5.56 Å². The molecule has 3 aromatic carbocycles. The first-order valence-corrected chi connectivity index (χ1v) is 7.96. The van der Waals surface area contributed by atoms with Gasteiger partial charge in [-0.1, -0.05) is 60.2 Å². The van der Waals surface area contributed by atoms with Crippen LogP contribution in [0, 0.1) is 6.92 Å². The molecule has 0 radical (unpaired) electrons. The van der Waals surface area contributed by atoms with E-state index in [4.69, 9.17) is 0 Å². The minimum atomic E-state index is -0.395. The first-order chi connectivity index (χ1) is 12.1. The molecule has 0 aliphatic carbocycles. The van der Waals surface area contributed by atoms with Crippen LogP contribution in [0.5, 0.6) is 0 Å². The van der Waals surface area contributed by atoms with Gasteiger partial charge in [0.2, 0.25) is 0 Å². The molecule has 3 aromatic rings. The minimum absolute atomic E-state index is 0.355. The van der Waals surface area contributed by atoms with Gasteiger partial charge in [0.15, 0.2) is 0 Å². The molecule has 4 heteroatoms. The Balaban J connectivity index is 1.63. The number of hydrazine groups is 1. The summed E-state index contributed by atoms with van der Waals surface area (Å²) in [6, 6.07) is 21.0. The van der Waals surface area contributed by atoms with Crippen LogP contribution in [-0.2, 0) is 4.79 Å². The second-order valence-corrected chi connectivity index (χ2v) is 5.71. The molecule has 0 unspecified atom stereocenters. The number of hydrogen-bond acceptors (Lipinski definition) is 2. The molecule has 2 amide bonds. The van der Waals surface area contributed by atoms with Crippen molar-refractivity contribution < 1.29 is 9.59 Å². The maximum Gasteiger partial charge on any atom is 0.269 e. The summed E-state index contributed by atoms with van der Waals surface area (Å²) in [4.78, 5) is 23.9. The fourth-order valence-corrected chi connectivity index (χ4v) is 2.50. The summed E-state index contributed by atoms with van der Waals surface area (Å²) < 4.78 is 0. The average Bonchev–Trinajstić information content (AvgIpc) is 2.65. The molecule has 0 heterocycles. The third-order valence-corrected chi connectivity index (χ3v) is 3.85. The van der Waals surface area contributed by atoms with Gasteiger partial charge in [-0.3, -0.25) is 20.4 Å². The largest absolute Gasteiger partial charge is 0.269 e. The maximum absolute atomic E-state index is 12.0. The Morgan fingerprint density at radius 2 is 1.56 bits per heavy atom. The molecular formula is C21H18N2O2. The highest BCUT2D eigenvalue weighted by molar-refractivity contribution is 5.99. The van der Waals surface area contributed by atoms with Crippen LogP contribution in [0.15, 0.2) is 72.8 Å². The average molecular weight is 330 g/mol. The summed E-state index contributed by atoms with van der Waals surface area (Å²) in [5.74, 6) is -0.750. The third-order valence-electron chi connectivity index (χ3n) is 3.85. The molecule has 0 atom stereocenters. The van der Waals surface area contributed by atoms with E-state index in [0.717, 1.165) is 21.9 Å². The van der Waals surface area contributed by atoms with Crippen molar-refractivity contribution in [3.63, 3.8) is 0 Å². The van der Waals surface area contributed by atoms with Crippen LogP contribution in [0.25, 0.3) is 16.8 Å². The van der Waals surface area contributed by atoms with Crippen LogP contribution in [0.3, 0.4) is 0 Å². The summed E-state index contributed by atoms with van der Waals surface area (Å²) >= 11 is 0. The van der Waals surface area contributed by atoms with Gasteiger partial charge in [0.25, 0.3) is 11.8 Å². The van der Waals surface area contributed by atoms with E-state index in [9.17, 15) is 9.59 Å². The number of nitrogens with one attached hydrogen (secondary N) is 2. The van der Waals surface area contributed by atoms with E-state index in [1.165, 1.54) is 6.08 Å². The van der Waals surface area contributed by atoms with E-state index in [1.54, 1.807) is 18.2 Å².